The van der Waals surface area contributed by atoms with Crippen LogP contribution in [0.2, 0.25) is 0 Å². The summed E-state index contributed by atoms with van der Waals surface area (Å²) in [5, 5.41) is 2.60. The van der Waals surface area contributed by atoms with Gasteiger partial charge in [-0.25, -0.2) is 4.98 Å². The molecule has 1 aliphatic heterocycles. The van der Waals surface area contributed by atoms with Gasteiger partial charge in [0, 0.05) is 50.5 Å². The summed E-state index contributed by atoms with van der Waals surface area (Å²) in [5.41, 5.74) is 3.59. The molecule has 0 atom stereocenters. The molecular formula is C24H33N5O2. The van der Waals surface area contributed by atoms with E-state index in [-0.39, 0.29) is 11.5 Å². The number of carbonyl (C=O) groups is 1. The zero-order valence-electron chi connectivity index (χ0n) is 18.6. The second kappa shape index (κ2) is 9.64. The number of amides is 1. The van der Waals surface area contributed by atoms with Gasteiger partial charge in [0.15, 0.2) is 0 Å². The first kappa shape index (κ1) is 21.6. The molecule has 7 nitrogen and oxygen atoms in total. The third kappa shape index (κ3) is 4.82. The fourth-order valence-electron chi connectivity index (χ4n) is 4.97. The van der Waals surface area contributed by atoms with Crippen molar-refractivity contribution >= 4 is 11.6 Å². The molecule has 0 radical (unpaired) electrons. The number of anilines is 1. The zero-order valence-corrected chi connectivity index (χ0v) is 18.6. The lowest BCUT2D eigenvalue weighted by Gasteiger charge is -2.42. The minimum Gasteiger partial charge on any atom is -0.368 e. The Balaban J connectivity index is 1.28. The maximum atomic E-state index is 12.1. The third-order valence-corrected chi connectivity index (χ3v) is 6.93. The summed E-state index contributed by atoms with van der Waals surface area (Å²) in [4.78, 5) is 36.2. The quantitative estimate of drug-likeness (QED) is 0.772. The van der Waals surface area contributed by atoms with Gasteiger partial charge in [0.25, 0.3) is 11.5 Å². The molecule has 2 aliphatic rings. The lowest BCUT2D eigenvalue weighted by Crippen LogP contribution is -2.51. The predicted octanol–water partition coefficient (Wildman–Crippen LogP) is 2.54. The molecule has 0 unspecified atom stereocenters. The highest BCUT2D eigenvalue weighted by Gasteiger charge is 2.29. The Morgan fingerprint density at radius 2 is 1.84 bits per heavy atom. The molecule has 1 aliphatic carbocycles. The molecule has 1 saturated heterocycles. The Kier molecular flexibility index (Phi) is 6.70. The predicted molar refractivity (Wildman–Crippen MR) is 123 cm³/mol. The van der Waals surface area contributed by atoms with Gasteiger partial charge < -0.3 is 15.2 Å². The molecule has 7 heteroatoms. The van der Waals surface area contributed by atoms with Crippen LogP contribution in [0.1, 0.15) is 60.3 Å². The number of carbonyl (C=O) groups excluding carboxylic acids is 1. The van der Waals surface area contributed by atoms with Crippen molar-refractivity contribution in [2.45, 2.75) is 51.0 Å². The summed E-state index contributed by atoms with van der Waals surface area (Å²) < 4.78 is 0. The van der Waals surface area contributed by atoms with Crippen LogP contribution in [-0.4, -0.2) is 60.0 Å². The van der Waals surface area contributed by atoms with Gasteiger partial charge in [0.2, 0.25) is 0 Å². The van der Waals surface area contributed by atoms with Gasteiger partial charge in [-0.3, -0.25) is 14.5 Å². The van der Waals surface area contributed by atoms with Crippen LogP contribution in [0.3, 0.4) is 0 Å². The van der Waals surface area contributed by atoms with Crippen molar-refractivity contribution < 1.29 is 4.79 Å². The minimum atomic E-state index is -0.155. The number of aryl methyl sites for hydroxylation is 1. The van der Waals surface area contributed by atoms with E-state index in [0.29, 0.717) is 17.7 Å². The van der Waals surface area contributed by atoms with Gasteiger partial charge in [-0.05, 0) is 56.2 Å². The Labute approximate surface area is 183 Å². The molecule has 0 aromatic carbocycles. The number of H-pyrrole nitrogens is 1. The van der Waals surface area contributed by atoms with Gasteiger partial charge >= 0.3 is 0 Å². The van der Waals surface area contributed by atoms with Crippen LogP contribution < -0.4 is 15.8 Å². The fourth-order valence-corrected chi connectivity index (χ4v) is 4.97. The second-order valence-electron chi connectivity index (χ2n) is 8.63. The SMILES string of the molecule is CCc1ccc(C2CCC(N3CCN(c4ccc(C(=O)NC)nc4)CC3)CC2)[nH]c1=O. The first-order chi connectivity index (χ1) is 15.1. The number of hydrogen-bond acceptors (Lipinski definition) is 5. The van der Waals surface area contributed by atoms with Crippen molar-refractivity contribution in [3.8, 4) is 0 Å². The number of aromatic amines is 1. The molecule has 31 heavy (non-hydrogen) atoms. The number of aromatic nitrogens is 2. The summed E-state index contributed by atoms with van der Waals surface area (Å²) >= 11 is 0. The summed E-state index contributed by atoms with van der Waals surface area (Å²) in [7, 11) is 1.62. The number of nitrogens with zero attached hydrogens (tertiary/aromatic N) is 3. The lowest BCUT2D eigenvalue weighted by molar-refractivity contribution is 0.0958. The molecule has 4 rings (SSSR count). The highest BCUT2D eigenvalue weighted by atomic mass is 16.1. The van der Waals surface area contributed by atoms with Gasteiger partial charge in [0.05, 0.1) is 11.9 Å². The van der Waals surface area contributed by atoms with Crippen LogP contribution in [0, 0.1) is 0 Å². The first-order valence-electron chi connectivity index (χ1n) is 11.5. The second-order valence-corrected chi connectivity index (χ2v) is 8.63. The maximum absolute atomic E-state index is 12.1. The average Bonchev–Trinajstić information content (AvgIpc) is 2.84. The van der Waals surface area contributed by atoms with E-state index in [9.17, 15) is 9.59 Å². The largest absolute Gasteiger partial charge is 0.368 e. The molecular weight excluding hydrogens is 390 g/mol. The van der Waals surface area contributed by atoms with Crippen molar-refractivity contribution in [1.29, 1.82) is 0 Å². The topological polar surface area (TPSA) is 81.3 Å². The summed E-state index contributed by atoms with van der Waals surface area (Å²) in [5.74, 6) is 0.318. The van der Waals surface area contributed by atoms with Crippen molar-refractivity contribution in [2.24, 2.45) is 0 Å². The average molecular weight is 424 g/mol. The van der Waals surface area contributed by atoms with Crippen molar-refractivity contribution in [2.75, 3.05) is 38.1 Å². The Hall–Kier alpha value is -2.67. The summed E-state index contributed by atoms with van der Waals surface area (Å²) in [6, 6.07) is 8.53. The van der Waals surface area contributed by atoms with E-state index in [2.05, 4.69) is 31.2 Å². The van der Waals surface area contributed by atoms with E-state index in [1.165, 1.54) is 12.8 Å². The van der Waals surface area contributed by atoms with E-state index >= 15 is 0 Å². The van der Waals surface area contributed by atoms with E-state index in [0.717, 1.165) is 62.4 Å². The fraction of sp³-hybridized carbons (Fsp3) is 0.542. The molecule has 2 aromatic rings. The van der Waals surface area contributed by atoms with Gasteiger partial charge in [-0.1, -0.05) is 13.0 Å². The standard InChI is InChI=1S/C24H33N5O2/c1-3-17-6-10-21(27-23(17)30)18-4-7-19(8-5-18)28-12-14-29(15-13-28)20-9-11-22(26-16-20)24(31)25-2/h6,9-11,16,18-19H,3-5,7-8,12-15H2,1-2H3,(H,25,31)(H,27,30). The molecule has 2 fully saturated rings. The molecule has 1 amide bonds. The highest BCUT2D eigenvalue weighted by Crippen LogP contribution is 2.34. The molecule has 166 valence electrons. The third-order valence-electron chi connectivity index (χ3n) is 6.93. The van der Waals surface area contributed by atoms with Crippen LogP contribution in [0.5, 0.6) is 0 Å². The van der Waals surface area contributed by atoms with Crippen LogP contribution in [0.15, 0.2) is 35.3 Å². The number of hydrogen-bond donors (Lipinski definition) is 2. The molecule has 2 aromatic heterocycles. The highest BCUT2D eigenvalue weighted by molar-refractivity contribution is 5.92. The number of pyridine rings is 2. The molecule has 2 N–H and O–H groups in total. The molecule has 0 spiro atoms. The Morgan fingerprint density at radius 3 is 2.42 bits per heavy atom. The number of nitrogens with one attached hydrogen (secondary N) is 2. The lowest BCUT2D eigenvalue weighted by atomic mass is 9.83. The maximum Gasteiger partial charge on any atom is 0.269 e. The van der Waals surface area contributed by atoms with E-state index < -0.39 is 0 Å². The van der Waals surface area contributed by atoms with Gasteiger partial charge in [-0.15, -0.1) is 0 Å². The van der Waals surface area contributed by atoms with Crippen LogP contribution in [0.4, 0.5) is 5.69 Å². The van der Waals surface area contributed by atoms with E-state index in [4.69, 9.17) is 0 Å². The van der Waals surface area contributed by atoms with Crippen molar-refractivity contribution in [3.05, 3.63) is 57.8 Å². The smallest absolute Gasteiger partial charge is 0.269 e. The van der Waals surface area contributed by atoms with Crippen molar-refractivity contribution in [1.82, 2.24) is 20.2 Å². The molecule has 3 heterocycles. The van der Waals surface area contributed by atoms with Crippen LogP contribution >= 0.6 is 0 Å². The summed E-state index contributed by atoms with van der Waals surface area (Å²) in [6.07, 6.45) is 7.22. The molecule has 0 bridgehead atoms. The van der Waals surface area contributed by atoms with E-state index in [1.807, 2.05) is 19.1 Å². The monoisotopic (exact) mass is 423 g/mol. The Morgan fingerprint density at radius 1 is 1.10 bits per heavy atom. The van der Waals surface area contributed by atoms with Crippen molar-refractivity contribution in [3.63, 3.8) is 0 Å². The number of rotatable bonds is 5. The van der Waals surface area contributed by atoms with Crippen LogP contribution in [-0.2, 0) is 6.42 Å². The zero-order chi connectivity index (χ0) is 21.8. The van der Waals surface area contributed by atoms with E-state index in [1.54, 1.807) is 19.3 Å². The Bertz CT molecular complexity index is 939. The summed E-state index contributed by atoms with van der Waals surface area (Å²) in [6.45, 7) is 6.08. The number of piperazine rings is 1. The minimum absolute atomic E-state index is 0.0797. The first-order valence-corrected chi connectivity index (χ1v) is 11.5. The normalized spacial score (nSPS) is 22.3. The van der Waals surface area contributed by atoms with Gasteiger partial charge in [-0.2, -0.15) is 0 Å². The molecule has 1 saturated carbocycles. The van der Waals surface area contributed by atoms with Gasteiger partial charge in [0.1, 0.15) is 5.69 Å². The van der Waals surface area contributed by atoms with Crippen LogP contribution in [0.25, 0.3) is 0 Å².